The molecule has 3 heterocycles. The number of imidazole rings is 1. The molecule has 14 heavy (non-hydrogen) atoms. The molecule has 5 heteroatoms. The highest BCUT2D eigenvalue weighted by molar-refractivity contribution is 6.29. The quantitative estimate of drug-likeness (QED) is 0.715. The van der Waals surface area contributed by atoms with Crippen LogP contribution in [0.4, 0.5) is 0 Å². The van der Waals surface area contributed by atoms with E-state index in [0.717, 1.165) is 24.4 Å². The summed E-state index contributed by atoms with van der Waals surface area (Å²) in [6.45, 7) is 1.51. The van der Waals surface area contributed by atoms with Crippen LogP contribution in [0.2, 0.25) is 5.15 Å². The topological polar surface area (TPSA) is 39.4 Å². The normalized spacial score (nSPS) is 17.2. The van der Waals surface area contributed by atoms with Gasteiger partial charge in [-0.25, -0.2) is 9.50 Å². The summed E-state index contributed by atoms with van der Waals surface area (Å²) in [5.41, 5.74) is 2.00. The molecule has 0 unspecified atom stereocenters. The van der Waals surface area contributed by atoms with Crippen molar-refractivity contribution in [1.29, 1.82) is 0 Å². The van der Waals surface area contributed by atoms with E-state index in [2.05, 4.69) is 10.1 Å². The van der Waals surface area contributed by atoms with Crippen molar-refractivity contribution in [2.75, 3.05) is 13.2 Å². The highest BCUT2D eigenvalue weighted by Gasteiger charge is 2.24. The predicted molar refractivity (Wildman–Crippen MR) is 51.6 cm³/mol. The number of rotatable bonds is 1. The summed E-state index contributed by atoms with van der Waals surface area (Å²) < 4.78 is 6.86. The molecule has 4 nitrogen and oxygen atoms in total. The first kappa shape index (κ1) is 8.20. The smallest absolute Gasteiger partial charge is 0.157 e. The Morgan fingerprint density at radius 1 is 1.50 bits per heavy atom. The van der Waals surface area contributed by atoms with Crippen LogP contribution >= 0.6 is 11.6 Å². The lowest BCUT2D eigenvalue weighted by atomic mass is 9.99. The van der Waals surface area contributed by atoms with Gasteiger partial charge >= 0.3 is 0 Å². The lowest BCUT2D eigenvalue weighted by Crippen LogP contribution is -2.25. The van der Waals surface area contributed by atoms with Crippen LogP contribution in [-0.2, 0) is 4.74 Å². The first-order valence-electron chi connectivity index (χ1n) is 4.42. The zero-order valence-electron chi connectivity index (χ0n) is 7.35. The average molecular weight is 210 g/mol. The minimum Gasteiger partial charge on any atom is -0.380 e. The van der Waals surface area contributed by atoms with Gasteiger partial charge in [-0.05, 0) is 6.07 Å². The minimum absolute atomic E-state index is 0.417. The van der Waals surface area contributed by atoms with Crippen LogP contribution in [-0.4, -0.2) is 27.8 Å². The Labute approximate surface area is 85.5 Å². The third-order valence-electron chi connectivity index (χ3n) is 2.44. The Balaban J connectivity index is 2.23. The molecule has 0 amide bonds. The van der Waals surface area contributed by atoms with E-state index in [0.29, 0.717) is 11.1 Å². The molecule has 0 N–H and O–H groups in total. The minimum atomic E-state index is 0.417. The molecule has 0 bridgehead atoms. The van der Waals surface area contributed by atoms with E-state index in [1.54, 1.807) is 16.9 Å². The summed E-state index contributed by atoms with van der Waals surface area (Å²) in [6.07, 6.45) is 3.52. The molecule has 2 aromatic rings. The van der Waals surface area contributed by atoms with Crippen molar-refractivity contribution in [2.45, 2.75) is 5.92 Å². The first-order chi connectivity index (χ1) is 6.84. The highest BCUT2D eigenvalue weighted by atomic mass is 35.5. The molecular formula is C9H8ClN3O. The summed E-state index contributed by atoms with van der Waals surface area (Å²) in [4.78, 5) is 4.25. The zero-order chi connectivity index (χ0) is 9.54. The molecule has 0 aliphatic carbocycles. The van der Waals surface area contributed by atoms with E-state index >= 15 is 0 Å². The van der Waals surface area contributed by atoms with Crippen molar-refractivity contribution in [3.8, 4) is 0 Å². The molecule has 2 aromatic heterocycles. The van der Waals surface area contributed by atoms with Crippen LogP contribution in [0.5, 0.6) is 0 Å². The van der Waals surface area contributed by atoms with Gasteiger partial charge in [0.05, 0.1) is 13.2 Å². The van der Waals surface area contributed by atoms with Gasteiger partial charge in [0.1, 0.15) is 5.15 Å². The van der Waals surface area contributed by atoms with E-state index in [1.165, 1.54) is 0 Å². The fourth-order valence-electron chi connectivity index (χ4n) is 1.62. The van der Waals surface area contributed by atoms with Crippen molar-refractivity contribution in [3.05, 3.63) is 29.2 Å². The van der Waals surface area contributed by atoms with Gasteiger partial charge in [-0.2, -0.15) is 5.10 Å². The molecule has 72 valence electrons. The third kappa shape index (κ3) is 1.11. The van der Waals surface area contributed by atoms with Crippen LogP contribution in [0.1, 0.15) is 11.5 Å². The lowest BCUT2D eigenvalue weighted by Gasteiger charge is -2.26. The molecule has 3 rings (SSSR count). The highest BCUT2D eigenvalue weighted by Crippen LogP contribution is 2.28. The van der Waals surface area contributed by atoms with Crippen molar-refractivity contribution < 1.29 is 4.74 Å². The van der Waals surface area contributed by atoms with Gasteiger partial charge in [-0.3, -0.25) is 0 Å². The van der Waals surface area contributed by atoms with E-state index in [4.69, 9.17) is 16.3 Å². The van der Waals surface area contributed by atoms with Crippen molar-refractivity contribution in [2.24, 2.45) is 0 Å². The molecule has 0 saturated carbocycles. The summed E-state index contributed by atoms with van der Waals surface area (Å²) in [6, 6.07) is 1.87. The second kappa shape index (κ2) is 2.93. The van der Waals surface area contributed by atoms with Crippen molar-refractivity contribution in [3.63, 3.8) is 0 Å². The number of nitrogens with zero attached hydrogens (tertiary/aromatic N) is 3. The van der Waals surface area contributed by atoms with E-state index in [9.17, 15) is 0 Å². The van der Waals surface area contributed by atoms with Gasteiger partial charge in [0.15, 0.2) is 5.65 Å². The third-order valence-corrected chi connectivity index (χ3v) is 2.62. The van der Waals surface area contributed by atoms with Crippen LogP contribution in [0.15, 0.2) is 18.5 Å². The van der Waals surface area contributed by atoms with Crippen molar-refractivity contribution >= 4 is 17.2 Å². The van der Waals surface area contributed by atoms with Crippen LogP contribution < -0.4 is 0 Å². The predicted octanol–water partition coefficient (Wildman–Crippen LogP) is 1.50. The monoisotopic (exact) mass is 209 g/mol. The molecule has 1 aliphatic heterocycles. The number of hydrogen-bond acceptors (Lipinski definition) is 3. The largest absolute Gasteiger partial charge is 0.380 e. The number of ether oxygens (including phenoxy) is 1. The fraction of sp³-hybridized carbons (Fsp3) is 0.333. The lowest BCUT2D eigenvalue weighted by molar-refractivity contribution is 0.00875. The van der Waals surface area contributed by atoms with Gasteiger partial charge in [0, 0.05) is 23.9 Å². The molecule has 1 aliphatic rings. The van der Waals surface area contributed by atoms with Gasteiger partial charge in [0.25, 0.3) is 0 Å². The number of aromatic nitrogens is 3. The van der Waals surface area contributed by atoms with Crippen LogP contribution in [0.3, 0.4) is 0 Å². The summed E-state index contributed by atoms with van der Waals surface area (Å²) in [7, 11) is 0. The molecule has 1 saturated heterocycles. The molecular weight excluding hydrogens is 202 g/mol. The average Bonchev–Trinajstić information content (AvgIpc) is 2.47. The summed E-state index contributed by atoms with van der Waals surface area (Å²) in [5.74, 6) is 0.417. The van der Waals surface area contributed by atoms with Crippen LogP contribution in [0.25, 0.3) is 5.65 Å². The summed E-state index contributed by atoms with van der Waals surface area (Å²) in [5, 5.41) is 4.61. The van der Waals surface area contributed by atoms with E-state index in [-0.39, 0.29) is 0 Å². The second-order valence-electron chi connectivity index (χ2n) is 3.35. The molecule has 0 radical (unpaired) electrons. The van der Waals surface area contributed by atoms with Crippen molar-refractivity contribution in [1.82, 2.24) is 14.6 Å². The maximum absolute atomic E-state index is 5.91. The standard InChI is InChI=1S/C9H8ClN3O/c10-8-3-7(6-4-14-5-6)9-11-1-2-13(9)12-8/h1-3,6H,4-5H2. The van der Waals surface area contributed by atoms with E-state index in [1.807, 2.05) is 6.07 Å². The van der Waals surface area contributed by atoms with Gasteiger partial charge in [-0.1, -0.05) is 11.6 Å². The maximum Gasteiger partial charge on any atom is 0.157 e. The fourth-order valence-corrected chi connectivity index (χ4v) is 1.82. The number of fused-ring (bicyclic) bond motifs is 1. The Morgan fingerprint density at radius 3 is 3.07 bits per heavy atom. The zero-order valence-corrected chi connectivity index (χ0v) is 8.11. The Bertz CT molecular complexity index is 478. The Morgan fingerprint density at radius 2 is 2.36 bits per heavy atom. The van der Waals surface area contributed by atoms with E-state index < -0.39 is 0 Å². The summed E-state index contributed by atoms with van der Waals surface area (Å²) >= 11 is 5.91. The maximum atomic E-state index is 5.91. The molecule has 0 atom stereocenters. The number of hydrogen-bond donors (Lipinski definition) is 0. The SMILES string of the molecule is Clc1cc(C2COC2)c2nccn2n1. The molecule has 0 aromatic carbocycles. The second-order valence-corrected chi connectivity index (χ2v) is 3.74. The Hall–Kier alpha value is -1.13. The van der Waals surface area contributed by atoms with Gasteiger partial charge < -0.3 is 4.74 Å². The van der Waals surface area contributed by atoms with Crippen LogP contribution in [0, 0.1) is 0 Å². The van der Waals surface area contributed by atoms with Gasteiger partial charge in [0.2, 0.25) is 0 Å². The first-order valence-corrected chi connectivity index (χ1v) is 4.80. The molecule has 0 spiro atoms. The number of halogens is 1. The molecule has 1 fully saturated rings. The Kier molecular flexibility index (Phi) is 1.72. The van der Waals surface area contributed by atoms with Gasteiger partial charge in [-0.15, -0.1) is 0 Å².